The smallest absolute Gasteiger partial charge is 0.222 e. The molecule has 2 fully saturated rings. The Balaban J connectivity index is 1.49. The molecule has 5 heteroatoms. The highest BCUT2D eigenvalue weighted by molar-refractivity contribution is 5.76. The number of rotatable bonds is 3. The highest BCUT2D eigenvalue weighted by atomic mass is 16.3. The van der Waals surface area contributed by atoms with Gasteiger partial charge in [-0.25, -0.2) is 0 Å². The average Bonchev–Trinajstić information content (AvgIpc) is 2.54. The molecule has 5 nitrogen and oxygen atoms in total. The van der Waals surface area contributed by atoms with Crippen LogP contribution >= 0.6 is 0 Å². The molecule has 21 heavy (non-hydrogen) atoms. The van der Waals surface area contributed by atoms with Crippen molar-refractivity contribution < 1.29 is 15.0 Å². The maximum Gasteiger partial charge on any atom is 0.222 e. The number of hydrogen-bond acceptors (Lipinski definition) is 4. The molecule has 1 saturated heterocycles. The van der Waals surface area contributed by atoms with Crippen molar-refractivity contribution in [1.82, 2.24) is 9.88 Å². The molecule has 1 spiro atoms. The van der Waals surface area contributed by atoms with E-state index in [0.29, 0.717) is 38.8 Å². The minimum Gasteiger partial charge on any atom is -0.392 e. The Morgan fingerprint density at radius 3 is 2.43 bits per heavy atom. The van der Waals surface area contributed by atoms with Crippen LogP contribution in [-0.4, -0.2) is 51.3 Å². The van der Waals surface area contributed by atoms with E-state index in [0.717, 1.165) is 12.0 Å². The number of aryl methyl sites for hydroxylation is 1. The minimum atomic E-state index is -0.401. The largest absolute Gasteiger partial charge is 0.392 e. The Labute approximate surface area is 124 Å². The third-order valence-electron chi connectivity index (χ3n) is 5.20. The maximum atomic E-state index is 12.2. The second-order valence-corrected chi connectivity index (χ2v) is 6.24. The predicted molar refractivity (Wildman–Crippen MR) is 77.4 cm³/mol. The van der Waals surface area contributed by atoms with Gasteiger partial charge in [0.2, 0.25) is 5.91 Å². The Kier molecular flexibility index (Phi) is 3.95. The zero-order chi connectivity index (χ0) is 14.9. The quantitative estimate of drug-likeness (QED) is 0.861. The number of nitrogens with zero attached hydrogens (tertiary/aromatic N) is 2. The number of aliphatic hydroxyl groups is 2. The molecule has 3 rings (SSSR count). The molecule has 1 aromatic rings. The van der Waals surface area contributed by atoms with Gasteiger partial charge in [-0.05, 0) is 37.0 Å². The molecule has 0 bridgehead atoms. The van der Waals surface area contributed by atoms with E-state index < -0.39 is 12.2 Å². The summed E-state index contributed by atoms with van der Waals surface area (Å²) in [5.74, 6) is 0.157. The van der Waals surface area contributed by atoms with Gasteiger partial charge >= 0.3 is 0 Å². The highest BCUT2D eigenvalue weighted by Gasteiger charge is 2.54. The third kappa shape index (κ3) is 2.68. The fourth-order valence-electron chi connectivity index (χ4n) is 3.54. The Morgan fingerprint density at radius 2 is 1.86 bits per heavy atom. The predicted octanol–water partition coefficient (Wildman–Crippen LogP) is 0.748. The zero-order valence-electron chi connectivity index (χ0n) is 12.1. The van der Waals surface area contributed by atoms with Crippen molar-refractivity contribution in [2.24, 2.45) is 5.41 Å². The molecule has 2 heterocycles. The summed E-state index contributed by atoms with van der Waals surface area (Å²) < 4.78 is 0. The third-order valence-corrected chi connectivity index (χ3v) is 5.20. The van der Waals surface area contributed by atoms with E-state index in [-0.39, 0.29) is 11.3 Å². The van der Waals surface area contributed by atoms with E-state index in [9.17, 15) is 15.0 Å². The molecule has 1 amide bonds. The van der Waals surface area contributed by atoms with E-state index in [1.54, 1.807) is 12.4 Å². The minimum absolute atomic E-state index is 0.157. The molecule has 2 atom stereocenters. The van der Waals surface area contributed by atoms with Crippen LogP contribution in [0.25, 0.3) is 0 Å². The van der Waals surface area contributed by atoms with Gasteiger partial charge in [-0.15, -0.1) is 0 Å². The topological polar surface area (TPSA) is 73.7 Å². The number of carbonyl (C=O) groups excluding carboxylic acids is 1. The summed E-state index contributed by atoms with van der Waals surface area (Å²) in [6, 6.07) is 3.86. The summed E-state index contributed by atoms with van der Waals surface area (Å²) in [5, 5.41) is 19.8. The van der Waals surface area contributed by atoms with Gasteiger partial charge in [0.05, 0.1) is 12.2 Å². The van der Waals surface area contributed by atoms with Gasteiger partial charge in [-0.2, -0.15) is 0 Å². The number of aliphatic hydroxyl groups excluding tert-OH is 2. The number of carbonyl (C=O) groups is 1. The molecule has 2 N–H and O–H groups in total. The van der Waals surface area contributed by atoms with Crippen molar-refractivity contribution >= 4 is 5.91 Å². The molecule has 0 unspecified atom stereocenters. The summed E-state index contributed by atoms with van der Waals surface area (Å²) in [4.78, 5) is 18.1. The van der Waals surface area contributed by atoms with Gasteiger partial charge in [-0.3, -0.25) is 9.78 Å². The molecule has 2 aliphatic rings. The maximum absolute atomic E-state index is 12.2. The highest BCUT2D eigenvalue weighted by Crippen LogP contribution is 2.49. The van der Waals surface area contributed by atoms with Gasteiger partial charge in [0.1, 0.15) is 0 Å². The second-order valence-electron chi connectivity index (χ2n) is 6.24. The van der Waals surface area contributed by atoms with Gasteiger partial charge in [0.15, 0.2) is 0 Å². The fraction of sp³-hybridized carbons (Fsp3) is 0.625. The molecule has 1 aliphatic heterocycles. The van der Waals surface area contributed by atoms with Crippen LogP contribution < -0.4 is 0 Å². The number of pyridine rings is 1. The Bertz CT molecular complexity index is 488. The lowest BCUT2D eigenvalue weighted by molar-refractivity contribution is -0.191. The van der Waals surface area contributed by atoms with Crippen LogP contribution in [0.4, 0.5) is 0 Å². The van der Waals surface area contributed by atoms with Crippen LogP contribution in [0.1, 0.15) is 31.2 Å². The lowest BCUT2D eigenvalue weighted by Gasteiger charge is -2.55. The van der Waals surface area contributed by atoms with Gasteiger partial charge in [0, 0.05) is 43.7 Å². The summed E-state index contributed by atoms with van der Waals surface area (Å²) >= 11 is 0. The van der Waals surface area contributed by atoms with Crippen molar-refractivity contribution in [2.45, 2.75) is 44.3 Å². The average molecular weight is 290 g/mol. The van der Waals surface area contributed by atoms with E-state index in [1.807, 2.05) is 17.0 Å². The van der Waals surface area contributed by atoms with Crippen molar-refractivity contribution in [3.63, 3.8) is 0 Å². The molecule has 1 aliphatic carbocycles. The Hall–Kier alpha value is -1.46. The van der Waals surface area contributed by atoms with E-state index in [4.69, 9.17) is 0 Å². The standard InChI is InChI=1S/C16H22N2O3/c19-13-11-14(20)16(13)5-9-18(10-6-16)15(21)2-1-12-3-7-17-8-4-12/h3-4,7-8,13-14,19-20H,1-2,5-6,9-11H2/t13-,14+. The normalized spacial score (nSPS) is 27.4. The summed E-state index contributed by atoms with van der Waals surface area (Å²) in [6.07, 6.45) is 5.80. The van der Waals surface area contributed by atoms with Crippen LogP contribution in [0.3, 0.4) is 0 Å². The van der Waals surface area contributed by atoms with Crippen molar-refractivity contribution in [2.75, 3.05) is 13.1 Å². The van der Waals surface area contributed by atoms with E-state index in [1.165, 1.54) is 0 Å². The fourth-order valence-corrected chi connectivity index (χ4v) is 3.54. The number of piperidine rings is 1. The lowest BCUT2D eigenvalue weighted by Crippen LogP contribution is -2.61. The SMILES string of the molecule is O=C(CCc1ccncc1)N1CCC2(CC1)[C@H](O)C[C@@H]2O. The van der Waals surface area contributed by atoms with Crippen molar-refractivity contribution in [3.8, 4) is 0 Å². The summed E-state index contributed by atoms with van der Waals surface area (Å²) in [5.41, 5.74) is 0.777. The van der Waals surface area contributed by atoms with Gasteiger partial charge < -0.3 is 15.1 Å². The molecule has 1 aromatic heterocycles. The first kappa shape index (κ1) is 14.5. The molecule has 0 aromatic carbocycles. The van der Waals surface area contributed by atoms with Crippen LogP contribution in [0, 0.1) is 5.41 Å². The summed E-state index contributed by atoms with van der Waals surface area (Å²) in [6.45, 7) is 1.28. The lowest BCUT2D eigenvalue weighted by atomic mass is 9.58. The van der Waals surface area contributed by atoms with Crippen LogP contribution in [-0.2, 0) is 11.2 Å². The first-order valence-electron chi connectivity index (χ1n) is 7.65. The first-order chi connectivity index (χ1) is 10.1. The van der Waals surface area contributed by atoms with Crippen LogP contribution in [0.15, 0.2) is 24.5 Å². The van der Waals surface area contributed by atoms with Crippen LogP contribution in [0.5, 0.6) is 0 Å². The van der Waals surface area contributed by atoms with Crippen LogP contribution in [0.2, 0.25) is 0 Å². The second kappa shape index (κ2) is 5.73. The summed E-state index contributed by atoms with van der Waals surface area (Å²) in [7, 11) is 0. The van der Waals surface area contributed by atoms with Gasteiger partial charge in [0.25, 0.3) is 0 Å². The zero-order valence-corrected chi connectivity index (χ0v) is 12.1. The molecule has 114 valence electrons. The molecule has 0 radical (unpaired) electrons. The van der Waals surface area contributed by atoms with E-state index >= 15 is 0 Å². The Morgan fingerprint density at radius 1 is 1.24 bits per heavy atom. The number of hydrogen-bond donors (Lipinski definition) is 2. The first-order valence-corrected chi connectivity index (χ1v) is 7.65. The number of likely N-dealkylation sites (tertiary alicyclic amines) is 1. The monoisotopic (exact) mass is 290 g/mol. The molecule has 1 saturated carbocycles. The van der Waals surface area contributed by atoms with Gasteiger partial charge in [-0.1, -0.05) is 0 Å². The van der Waals surface area contributed by atoms with Crippen molar-refractivity contribution in [1.29, 1.82) is 0 Å². The van der Waals surface area contributed by atoms with E-state index in [2.05, 4.69) is 4.98 Å². The number of amides is 1. The number of aromatic nitrogens is 1. The van der Waals surface area contributed by atoms with Crippen molar-refractivity contribution in [3.05, 3.63) is 30.1 Å². The molecular weight excluding hydrogens is 268 g/mol. The molecular formula is C16H22N2O3.